The molecule has 29 heavy (non-hydrogen) atoms. The first-order valence-corrected chi connectivity index (χ1v) is 12.1. The fourth-order valence-corrected chi connectivity index (χ4v) is 5.26. The van der Waals surface area contributed by atoms with Crippen LogP contribution < -0.4 is 9.62 Å². The van der Waals surface area contributed by atoms with E-state index in [0.717, 1.165) is 44.8 Å². The number of hydrogen-bond donors (Lipinski definition) is 1. The minimum Gasteiger partial charge on any atom is -0.468 e. The highest BCUT2D eigenvalue weighted by Crippen LogP contribution is 2.28. The largest absolute Gasteiger partial charge is 0.468 e. The zero-order chi connectivity index (χ0) is 21.8. The number of esters is 1. The van der Waals surface area contributed by atoms with Crippen LogP contribution in [0.15, 0.2) is 22.5 Å². The molecular weight excluding hydrogens is 436 g/mol. The lowest BCUT2D eigenvalue weighted by molar-refractivity contribution is -0.137. The summed E-state index contributed by atoms with van der Waals surface area (Å²) in [7, 11) is -2.43. The summed E-state index contributed by atoms with van der Waals surface area (Å²) in [4.78, 5) is 23.9. The molecule has 12 heteroatoms. The molecule has 0 spiro atoms. The van der Waals surface area contributed by atoms with E-state index in [2.05, 4.69) is 20.3 Å². The van der Waals surface area contributed by atoms with E-state index in [4.69, 9.17) is 0 Å². The molecule has 0 unspecified atom stereocenters. The summed E-state index contributed by atoms with van der Waals surface area (Å²) in [6.07, 6.45) is 1.06. The van der Waals surface area contributed by atoms with E-state index in [-0.39, 0.29) is 10.9 Å². The lowest BCUT2D eigenvalue weighted by Crippen LogP contribution is -2.45. The first-order chi connectivity index (χ1) is 13.5. The van der Waals surface area contributed by atoms with E-state index >= 15 is 0 Å². The second-order valence-corrected chi connectivity index (χ2v) is 10.3. The van der Waals surface area contributed by atoms with E-state index in [1.807, 2.05) is 19.1 Å². The summed E-state index contributed by atoms with van der Waals surface area (Å²) in [5.41, 5.74) is 2.06. The maximum atomic E-state index is 12.7. The van der Waals surface area contributed by atoms with Gasteiger partial charge < -0.3 is 4.74 Å². The third kappa shape index (κ3) is 6.15. The van der Waals surface area contributed by atoms with Gasteiger partial charge in [-0.25, -0.2) is 8.42 Å². The van der Waals surface area contributed by atoms with Gasteiger partial charge in [-0.2, -0.15) is 0 Å². The molecule has 0 saturated carbocycles. The lowest BCUT2D eigenvalue weighted by Gasteiger charge is -2.29. The van der Waals surface area contributed by atoms with Crippen LogP contribution >= 0.6 is 23.1 Å². The van der Waals surface area contributed by atoms with Crippen molar-refractivity contribution < 1.29 is 22.7 Å². The number of anilines is 2. The topological polar surface area (TPSA) is 119 Å². The molecule has 1 heterocycles. The molecule has 0 aliphatic carbocycles. The van der Waals surface area contributed by atoms with Crippen LogP contribution in [-0.4, -0.2) is 55.7 Å². The monoisotopic (exact) mass is 458 g/mol. The number of benzene rings is 1. The van der Waals surface area contributed by atoms with Gasteiger partial charge in [0.05, 0.1) is 24.8 Å². The molecule has 0 aliphatic rings. The minimum absolute atomic E-state index is 0.0734. The van der Waals surface area contributed by atoms with E-state index in [9.17, 15) is 18.0 Å². The molecule has 0 bridgehead atoms. The molecular formula is C17H22N4O5S3. The minimum atomic E-state index is -3.73. The molecule has 9 nitrogen and oxygen atoms in total. The van der Waals surface area contributed by atoms with Crippen molar-refractivity contribution in [3.8, 4) is 0 Å². The number of aromatic nitrogens is 2. The highest BCUT2D eigenvalue weighted by molar-refractivity contribution is 8.01. The number of nitrogens with zero attached hydrogens (tertiary/aromatic N) is 3. The second-order valence-electron chi connectivity index (χ2n) is 6.25. The van der Waals surface area contributed by atoms with Gasteiger partial charge in [-0.05, 0) is 38.0 Å². The van der Waals surface area contributed by atoms with Crippen LogP contribution in [0.1, 0.15) is 18.1 Å². The quantitative estimate of drug-likeness (QED) is 0.363. The Hall–Kier alpha value is -2.18. The van der Waals surface area contributed by atoms with E-state index in [0.29, 0.717) is 10.0 Å². The maximum absolute atomic E-state index is 12.7. The van der Waals surface area contributed by atoms with Crippen molar-refractivity contribution in [1.82, 2.24) is 10.2 Å². The van der Waals surface area contributed by atoms with Crippen molar-refractivity contribution in [3.05, 3.63) is 29.3 Å². The fourth-order valence-electron chi connectivity index (χ4n) is 2.45. The van der Waals surface area contributed by atoms with Crippen LogP contribution in [0.5, 0.6) is 0 Å². The number of nitrogens with one attached hydrogen (secondary N) is 1. The van der Waals surface area contributed by atoms with Crippen LogP contribution in [0.3, 0.4) is 0 Å². The lowest BCUT2D eigenvalue weighted by atomic mass is 10.1. The Morgan fingerprint density at radius 1 is 1.31 bits per heavy atom. The molecule has 1 amide bonds. The molecule has 0 fully saturated rings. The number of carbonyl (C=O) groups excluding carboxylic acids is 2. The molecule has 2 rings (SSSR count). The molecule has 158 valence electrons. The summed E-state index contributed by atoms with van der Waals surface area (Å²) in [5, 5.41) is 10.6. The van der Waals surface area contributed by atoms with Gasteiger partial charge in [0.1, 0.15) is 6.04 Å². The predicted octanol–water partition coefficient (Wildman–Crippen LogP) is 2.21. The standard InChI is InChI=1S/C17H22N4O5S3/c1-10-6-7-11(2)13(8-10)21(29(5,24)25)12(3)15(23)18-16-19-20-17(28-16)27-9-14(22)26-4/h6-8,12H,9H2,1-5H3,(H,18,19,23)/t12-/m0/s1. The van der Waals surface area contributed by atoms with Gasteiger partial charge in [0, 0.05) is 0 Å². The first-order valence-electron chi connectivity index (χ1n) is 8.43. The Labute approximate surface area is 177 Å². The van der Waals surface area contributed by atoms with Gasteiger partial charge in [0.15, 0.2) is 4.34 Å². The number of methoxy groups -OCH3 is 1. The summed E-state index contributed by atoms with van der Waals surface area (Å²) in [5.74, 6) is -0.872. The zero-order valence-electron chi connectivity index (χ0n) is 16.6. The number of aryl methyl sites for hydroxylation is 2. The number of rotatable bonds is 8. The number of amides is 1. The van der Waals surface area contributed by atoms with Crippen LogP contribution in [0.25, 0.3) is 0 Å². The normalized spacial score (nSPS) is 12.3. The van der Waals surface area contributed by atoms with Gasteiger partial charge >= 0.3 is 5.97 Å². The Morgan fingerprint density at radius 3 is 2.62 bits per heavy atom. The maximum Gasteiger partial charge on any atom is 0.316 e. The molecule has 1 aromatic carbocycles. The summed E-state index contributed by atoms with van der Waals surface area (Å²) in [6.45, 7) is 5.14. The summed E-state index contributed by atoms with van der Waals surface area (Å²) in [6, 6.07) is 4.40. The van der Waals surface area contributed by atoms with Crippen LogP contribution in [-0.2, 0) is 24.3 Å². The molecule has 1 atom stereocenters. The van der Waals surface area contributed by atoms with Crippen molar-refractivity contribution in [2.75, 3.05) is 28.7 Å². The second kappa shape index (κ2) is 9.55. The van der Waals surface area contributed by atoms with Crippen molar-refractivity contribution >= 4 is 55.8 Å². The summed E-state index contributed by atoms with van der Waals surface area (Å²) >= 11 is 2.22. The van der Waals surface area contributed by atoms with Crippen LogP contribution in [0.2, 0.25) is 0 Å². The molecule has 0 saturated heterocycles. The Bertz CT molecular complexity index is 1010. The van der Waals surface area contributed by atoms with Crippen LogP contribution in [0.4, 0.5) is 10.8 Å². The van der Waals surface area contributed by atoms with Gasteiger partial charge in [0.25, 0.3) is 0 Å². The van der Waals surface area contributed by atoms with Crippen molar-refractivity contribution in [3.63, 3.8) is 0 Å². The number of hydrogen-bond acceptors (Lipinski definition) is 9. The number of ether oxygens (including phenoxy) is 1. The molecule has 1 aromatic heterocycles. The van der Waals surface area contributed by atoms with Crippen LogP contribution in [0, 0.1) is 13.8 Å². The highest BCUT2D eigenvalue weighted by Gasteiger charge is 2.30. The highest BCUT2D eigenvalue weighted by atomic mass is 32.2. The van der Waals surface area contributed by atoms with Crippen molar-refractivity contribution in [1.29, 1.82) is 0 Å². The summed E-state index contributed by atoms with van der Waals surface area (Å²) < 4.78 is 31.0. The zero-order valence-corrected chi connectivity index (χ0v) is 19.1. The van der Waals surface area contributed by atoms with Crippen molar-refractivity contribution in [2.45, 2.75) is 31.2 Å². The third-order valence-corrected chi connectivity index (χ3v) is 7.04. The fraction of sp³-hybridized carbons (Fsp3) is 0.412. The SMILES string of the molecule is COC(=O)CSc1nnc(NC(=O)[C@H](C)N(c2cc(C)ccc2C)S(C)(=O)=O)s1. The van der Waals surface area contributed by atoms with Crippen molar-refractivity contribution in [2.24, 2.45) is 0 Å². The smallest absolute Gasteiger partial charge is 0.316 e. The van der Waals surface area contributed by atoms with Gasteiger partial charge in [-0.15, -0.1) is 10.2 Å². The first kappa shape index (κ1) is 23.1. The Kier molecular flexibility index (Phi) is 7.60. The molecule has 2 aromatic rings. The van der Waals surface area contributed by atoms with E-state index < -0.39 is 27.9 Å². The molecule has 1 N–H and O–H groups in total. The Balaban J connectivity index is 2.19. The third-order valence-electron chi connectivity index (χ3n) is 3.87. The number of thioether (sulfide) groups is 1. The molecule has 0 aliphatic heterocycles. The van der Waals surface area contributed by atoms with Gasteiger partial charge in [-0.3, -0.25) is 19.2 Å². The average Bonchev–Trinajstić information content (AvgIpc) is 3.08. The van der Waals surface area contributed by atoms with E-state index in [1.54, 1.807) is 13.0 Å². The average molecular weight is 459 g/mol. The van der Waals surface area contributed by atoms with E-state index in [1.165, 1.54) is 14.0 Å². The molecule has 0 radical (unpaired) electrons. The Morgan fingerprint density at radius 2 is 2.00 bits per heavy atom. The van der Waals surface area contributed by atoms with Gasteiger partial charge in [-0.1, -0.05) is 35.2 Å². The number of carbonyl (C=O) groups is 2. The number of sulfonamides is 1. The van der Waals surface area contributed by atoms with Gasteiger partial charge in [0.2, 0.25) is 21.1 Å². The predicted molar refractivity (Wildman–Crippen MR) is 114 cm³/mol.